The number of benzene rings is 1. The lowest BCUT2D eigenvalue weighted by Gasteiger charge is -2.15. The number of ether oxygens (including phenoxy) is 1. The molecule has 1 N–H and O–H groups in total. The summed E-state index contributed by atoms with van der Waals surface area (Å²) < 4.78 is 5.74. The van der Waals surface area contributed by atoms with Crippen LogP contribution in [0.1, 0.15) is 43.7 Å². The van der Waals surface area contributed by atoms with E-state index in [4.69, 9.17) is 4.74 Å². The van der Waals surface area contributed by atoms with E-state index < -0.39 is 0 Å². The van der Waals surface area contributed by atoms with E-state index in [-0.39, 0.29) is 6.10 Å². The average Bonchev–Trinajstić information content (AvgIpc) is 3.11. The third kappa shape index (κ3) is 3.22. The summed E-state index contributed by atoms with van der Waals surface area (Å²) in [7, 11) is 0. The smallest absolute Gasteiger partial charge is 0.122 e. The Bertz CT molecular complexity index is 381. The predicted octanol–water partition coefficient (Wildman–Crippen LogP) is 3.27. The molecule has 2 rings (SSSR count). The molecule has 0 heterocycles. The molecule has 0 aliphatic heterocycles. The van der Waals surface area contributed by atoms with Crippen molar-refractivity contribution in [2.24, 2.45) is 5.92 Å². The second kappa shape index (κ2) is 5.09. The third-order valence-corrected chi connectivity index (χ3v) is 3.45. The first-order valence-corrected chi connectivity index (χ1v) is 6.49. The summed E-state index contributed by atoms with van der Waals surface area (Å²) >= 11 is 0. The molecule has 0 amide bonds. The maximum atomic E-state index is 9.79. The largest absolute Gasteiger partial charge is 0.491 e. The number of hydrogen-bond donors (Lipinski definition) is 1. The Morgan fingerprint density at radius 1 is 1.35 bits per heavy atom. The van der Waals surface area contributed by atoms with Crippen LogP contribution < -0.4 is 4.74 Å². The first-order valence-electron chi connectivity index (χ1n) is 6.49. The third-order valence-electron chi connectivity index (χ3n) is 3.45. The summed E-state index contributed by atoms with van der Waals surface area (Å²) in [6, 6.07) is 6.33. The molecule has 1 atom stereocenters. The van der Waals surface area contributed by atoms with Gasteiger partial charge in [0.2, 0.25) is 0 Å². The SMILES string of the molecule is Cc1ccc(C(C)C)cc1OCC(O)C1CC1. The molecule has 1 saturated carbocycles. The molecule has 2 heteroatoms. The van der Waals surface area contributed by atoms with Crippen LogP contribution in [0.15, 0.2) is 18.2 Å². The fourth-order valence-corrected chi connectivity index (χ4v) is 1.92. The minimum atomic E-state index is -0.294. The van der Waals surface area contributed by atoms with Crippen LogP contribution in [0.2, 0.25) is 0 Å². The van der Waals surface area contributed by atoms with Crippen LogP contribution in [-0.2, 0) is 0 Å². The number of aliphatic hydroxyl groups is 1. The van der Waals surface area contributed by atoms with E-state index in [1.54, 1.807) is 0 Å². The molecule has 94 valence electrons. The Balaban J connectivity index is 2.00. The molecule has 1 aromatic carbocycles. The van der Waals surface area contributed by atoms with Crippen LogP contribution in [0.5, 0.6) is 5.75 Å². The van der Waals surface area contributed by atoms with Crippen LogP contribution >= 0.6 is 0 Å². The fourth-order valence-electron chi connectivity index (χ4n) is 1.92. The minimum absolute atomic E-state index is 0.294. The van der Waals surface area contributed by atoms with Gasteiger partial charge in [0.25, 0.3) is 0 Å². The van der Waals surface area contributed by atoms with E-state index >= 15 is 0 Å². The molecule has 0 aromatic heterocycles. The van der Waals surface area contributed by atoms with Gasteiger partial charge in [0, 0.05) is 0 Å². The van der Waals surface area contributed by atoms with Crippen LogP contribution in [0.4, 0.5) is 0 Å². The molecule has 17 heavy (non-hydrogen) atoms. The Labute approximate surface area is 104 Å². The number of aliphatic hydroxyl groups excluding tert-OH is 1. The van der Waals surface area contributed by atoms with E-state index in [9.17, 15) is 5.11 Å². The van der Waals surface area contributed by atoms with Gasteiger partial charge < -0.3 is 9.84 Å². The predicted molar refractivity (Wildman–Crippen MR) is 69.5 cm³/mol. The molecule has 2 nitrogen and oxygen atoms in total. The minimum Gasteiger partial charge on any atom is -0.491 e. The number of rotatable bonds is 5. The zero-order chi connectivity index (χ0) is 12.4. The van der Waals surface area contributed by atoms with Gasteiger partial charge in [0.05, 0.1) is 6.10 Å². The van der Waals surface area contributed by atoms with Gasteiger partial charge in [0.1, 0.15) is 12.4 Å². The summed E-state index contributed by atoms with van der Waals surface area (Å²) in [6.45, 7) is 6.82. The molecule has 1 unspecified atom stereocenters. The summed E-state index contributed by atoms with van der Waals surface area (Å²) in [6.07, 6.45) is 2.00. The van der Waals surface area contributed by atoms with Crippen molar-refractivity contribution in [2.75, 3.05) is 6.61 Å². The van der Waals surface area contributed by atoms with Gasteiger partial charge in [-0.1, -0.05) is 26.0 Å². The molecule has 1 aliphatic rings. The van der Waals surface area contributed by atoms with Crippen LogP contribution in [0.25, 0.3) is 0 Å². The number of aryl methyl sites for hydroxylation is 1. The van der Waals surface area contributed by atoms with Crippen LogP contribution in [0.3, 0.4) is 0 Å². The highest BCUT2D eigenvalue weighted by Gasteiger charge is 2.30. The van der Waals surface area contributed by atoms with E-state index in [0.717, 1.165) is 24.2 Å². The topological polar surface area (TPSA) is 29.5 Å². The van der Waals surface area contributed by atoms with Gasteiger partial charge in [0.15, 0.2) is 0 Å². The lowest BCUT2D eigenvalue weighted by molar-refractivity contribution is 0.0891. The second-order valence-electron chi connectivity index (χ2n) is 5.40. The van der Waals surface area contributed by atoms with Crippen molar-refractivity contribution in [3.8, 4) is 5.75 Å². The molecule has 0 bridgehead atoms. The molecule has 0 spiro atoms. The van der Waals surface area contributed by atoms with Crippen LogP contribution in [-0.4, -0.2) is 17.8 Å². The lowest BCUT2D eigenvalue weighted by atomic mass is 10.0. The monoisotopic (exact) mass is 234 g/mol. The van der Waals surface area contributed by atoms with E-state index in [2.05, 4.69) is 32.0 Å². The Hall–Kier alpha value is -1.02. The summed E-state index contributed by atoms with van der Waals surface area (Å²) in [4.78, 5) is 0. The van der Waals surface area contributed by atoms with Gasteiger partial charge in [-0.05, 0) is 48.8 Å². The van der Waals surface area contributed by atoms with Crippen LogP contribution in [0, 0.1) is 12.8 Å². The molecule has 1 aliphatic carbocycles. The Kier molecular flexibility index (Phi) is 3.72. The molecular weight excluding hydrogens is 212 g/mol. The van der Waals surface area contributed by atoms with Crippen molar-refractivity contribution in [3.63, 3.8) is 0 Å². The van der Waals surface area contributed by atoms with Crippen molar-refractivity contribution in [1.82, 2.24) is 0 Å². The van der Waals surface area contributed by atoms with Gasteiger partial charge in [-0.2, -0.15) is 0 Å². The Morgan fingerprint density at radius 2 is 2.06 bits per heavy atom. The summed E-state index contributed by atoms with van der Waals surface area (Å²) in [5.41, 5.74) is 2.42. The average molecular weight is 234 g/mol. The van der Waals surface area contributed by atoms with Crippen molar-refractivity contribution in [1.29, 1.82) is 0 Å². The van der Waals surface area contributed by atoms with E-state index in [0.29, 0.717) is 18.4 Å². The molecule has 1 aromatic rings. The highest BCUT2D eigenvalue weighted by molar-refractivity contribution is 5.37. The van der Waals surface area contributed by atoms with Crippen molar-refractivity contribution in [3.05, 3.63) is 29.3 Å². The van der Waals surface area contributed by atoms with Gasteiger partial charge >= 0.3 is 0 Å². The first kappa shape index (κ1) is 12.4. The normalized spacial score (nSPS) is 17.2. The zero-order valence-corrected chi connectivity index (χ0v) is 10.9. The van der Waals surface area contributed by atoms with Crippen molar-refractivity contribution < 1.29 is 9.84 Å². The highest BCUT2D eigenvalue weighted by atomic mass is 16.5. The highest BCUT2D eigenvalue weighted by Crippen LogP contribution is 2.33. The Morgan fingerprint density at radius 3 is 2.65 bits per heavy atom. The van der Waals surface area contributed by atoms with Gasteiger partial charge in [-0.15, -0.1) is 0 Å². The van der Waals surface area contributed by atoms with Gasteiger partial charge in [-0.25, -0.2) is 0 Å². The van der Waals surface area contributed by atoms with E-state index in [1.165, 1.54) is 5.56 Å². The van der Waals surface area contributed by atoms with Crippen molar-refractivity contribution in [2.45, 2.75) is 45.6 Å². The quantitative estimate of drug-likeness (QED) is 0.847. The van der Waals surface area contributed by atoms with Crippen molar-refractivity contribution >= 4 is 0 Å². The molecule has 1 fully saturated rings. The molecule has 0 saturated heterocycles. The first-order chi connectivity index (χ1) is 8.08. The summed E-state index contributed by atoms with van der Waals surface area (Å²) in [5, 5.41) is 9.79. The summed E-state index contributed by atoms with van der Waals surface area (Å²) in [5.74, 6) is 1.89. The zero-order valence-electron chi connectivity index (χ0n) is 10.9. The number of hydrogen-bond acceptors (Lipinski definition) is 2. The lowest BCUT2D eigenvalue weighted by Crippen LogP contribution is -2.19. The second-order valence-corrected chi connectivity index (χ2v) is 5.40. The van der Waals surface area contributed by atoms with E-state index in [1.807, 2.05) is 6.92 Å². The standard InChI is InChI=1S/C15H22O2/c1-10(2)13-5-4-11(3)15(8-13)17-9-14(16)12-6-7-12/h4-5,8,10,12,14,16H,6-7,9H2,1-3H3. The maximum absolute atomic E-state index is 9.79. The fraction of sp³-hybridized carbons (Fsp3) is 0.600. The maximum Gasteiger partial charge on any atom is 0.122 e. The molecular formula is C15H22O2. The molecule has 0 radical (unpaired) electrons. The van der Waals surface area contributed by atoms with Gasteiger partial charge in [-0.3, -0.25) is 0 Å².